The van der Waals surface area contributed by atoms with Gasteiger partial charge >= 0.3 is 12.0 Å². The van der Waals surface area contributed by atoms with E-state index in [-0.39, 0.29) is 60.6 Å². The number of anilines is 1. The average molecular weight is 535 g/mol. The highest BCUT2D eigenvalue weighted by Gasteiger charge is 2.31. The Hall–Kier alpha value is -2.85. The third-order valence-corrected chi connectivity index (χ3v) is 7.55. The van der Waals surface area contributed by atoms with Crippen molar-refractivity contribution in [1.29, 1.82) is 5.41 Å². The van der Waals surface area contributed by atoms with E-state index in [1.165, 1.54) is 0 Å². The van der Waals surface area contributed by atoms with E-state index in [0.717, 1.165) is 57.4 Å². The number of piperazine rings is 1. The number of piperidine rings is 1. The second-order valence-electron chi connectivity index (χ2n) is 10.0. The van der Waals surface area contributed by atoms with E-state index in [1.54, 1.807) is 0 Å². The summed E-state index contributed by atoms with van der Waals surface area (Å²) in [6.45, 7) is 3.42. The molecule has 1 atom stereocenters. The van der Waals surface area contributed by atoms with Crippen molar-refractivity contribution < 1.29 is 19.1 Å². The quantitative estimate of drug-likeness (QED) is 0.238. The molecule has 2 heterocycles. The molecule has 37 heavy (non-hydrogen) atoms. The molecule has 204 valence electrons. The molecular formula is C26H39ClN6O4. The highest BCUT2D eigenvalue weighted by molar-refractivity contribution is 5.95. The molecule has 4 rings (SSSR count). The van der Waals surface area contributed by atoms with E-state index >= 15 is 0 Å². The molecule has 1 saturated carbocycles. The van der Waals surface area contributed by atoms with Crippen LogP contribution >= 0.6 is 12.4 Å². The topological polar surface area (TPSA) is 141 Å². The zero-order chi connectivity index (χ0) is 25.5. The summed E-state index contributed by atoms with van der Waals surface area (Å²) in [5.41, 5.74) is 7.28. The largest absolute Gasteiger partial charge is 0.457 e. The van der Waals surface area contributed by atoms with Crippen molar-refractivity contribution in [2.45, 2.75) is 57.0 Å². The van der Waals surface area contributed by atoms with E-state index in [1.807, 2.05) is 29.2 Å². The molecule has 2 aliphatic heterocycles. The van der Waals surface area contributed by atoms with Crippen molar-refractivity contribution in [3.63, 3.8) is 0 Å². The summed E-state index contributed by atoms with van der Waals surface area (Å²) in [7, 11) is 0. The molecule has 0 aromatic heterocycles. The molecule has 11 heteroatoms. The van der Waals surface area contributed by atoms with Crippen LogP contribution in [0.1, 0.15) is 50.5 Å². The number of ether oxygens (including phenoxy) is 1. The van der Waals surface area contributed by atoms with Crippen LogP contribution in [0.15, 0.2) is 24.3 Å². The van der Waals surface area contributed by atoms with E-state index < -0.39 is 0 Å². The van der Waals surface area contributed by atoms with Crippen LogP contribution in [0, 0.1) is 11.3 Å². The van der Waals surface area contributed by atoms with Gasteiger partial charge in [-0.05, 0) is 69.3 Å². The van der Waals surface area contributed by atoms with Crippen LogP contribution in [0.2, 0.25) is 0 Å². The van der Waals surface area contributed by atoms with Crippen LogP contribution in [0.4, 0.5) is 10.5 Å². The number of nitrogen functional groups attached to an aromatic ring is 1. The van der Waals surface area contributed by atoms with E-state index in [4.69, 9.17) is 15.9 Å². The fourth-order valence-electron chi connectivity index (χ4n) is 5.25. The Morgan fingerprint density at radius 1 is 1.00 bits per heavy atom. The van der Waals surface area contributed by atoms with Gasteiger partial charge < -0.3 is 30.9 Å². The first-order valence-electron chi connectivity index (χ1n) is 13.1. The van der Waals surface area contributed by atoms with Gasteiger partial charge in [-0.2, -0.15) is 0 Å². The summed E-state index contributed by atoms with van der Waals surface area (Å²) in [6, 6.07) is 7.40. The monoisotopic (exact) mass is 534 g/mol. The van der Waals surface area contributed by atoms with Gasteiger partial charge in [-0.15, -0.1) is 12.4 Å². The van der Waals surface area contributed by atoms with Crippen LogP contribution in [0.3, 0.4) is 0 Å². The molecule has 3 aliphatic rings. The molecule has 10 nitrogen and oxygen atoms in total. The number of carbonyl (C=O) groups excluding carboxylic acids is 3. The number of rotatable bonds is 7. The normalized spacial score (nSPS) is 23.9. The fraction of sp³-hybridized carbons (Fsp3) is 0.615. The maximum absolute atomic E-state index is 12.8. The lowest BCUT2D eigenvalue weighted by Crippen LogP contribution is -2.54. The predicted octanol–water partition coefficient (Wildman–Crippen LogP) is 2.04. The molecule has 1 aromatic rings. The van der Waals surface area contributed by atoms with Crippen LogP contribution in [0.5, 0.6) is 0 Å². The second-order valence-corrected chi connectivity index (χ2v) is 10.0. The predicted molar refractivity (Wildman–Crippen MR) is 144 cm³/mol. The van der Waals surface area contributed by atoms with Crippen LogP contribution < -0.4 is 21.3 Å². The van der Waals surface area contributed by atoms with Gasteiger partial charge in [-0.25, -0.2) is 4.79 Å². The van der Waals surface area contributed by atoms with Gasteiger partial charge in [-0.3, -0.25) is 15.0 Å². The van der Waals surface area contributed by atoms with Crippen molar-refractivity contribution in [2.75, 3.05) is 44.2 Å². The Kier molecular flexibility index (Phi) is 10.6. The summed E-state index contributed by atoms with van der Waals surface area (Å²) in [6.07, 6.45) is 5.69. The summed E-state index contributed by atoms with van der Waals surface area (Å²) in [5.74, 6) is -0.493. The third-order valence-electron chi connectivity index (χ3n) is 7.55. The van der Waals surface area contributed by atoms with Gasteiger partial charge in [0.15, 0.2) is 12.4 Å². The first-order valence-corrected chi connectivity index (χ1v) is 13.1. The number of nitrogens with zero attached hydrogens (tertiary/aromatic N) is 2. The van der Waals surface area contributed by atoms with Gasteiger partial charge in [0.1, 0.15) is 5.84 Å². The number of Topliss-reactive ketones (excluding diaryl/α,β-unsaturated/α-hetero) is 1. The van der Waals surface area contributed by atoms with Crippen molar-refractivity contribution >= 4 is 41.7 Å². The average Bonchev–Trinajstić information content (AvgIpc) is 2.92. The number of hydrogen-bond donors (Lipinski definition) is 4. The molecule has 2 amide bonds. The lowest BCUT2D eigenvalue weighted by atomic mass is 9.86. The number of nitrogens with one attached hydrogen (secondary N) is 3. The van der Waals surface area contributed by atoms with Crippen molar-refractivity contribution in [1.82, 2.24) is 15.5 Å². The Morgan fingerprint density at radius 3 is 2.27 bits per heavy atom. The van der Waals surface area contributed by atoms with Crippen molar-refractivity contribution in [2.24, 2.45) is 11.7 Å². The number of halogens is 1. The number of amidine groups is 1. The number of benzene rings is 1. The minimum atomic E-state index is -0.295. The highest BCUT2D eigenvalue weighted by Crippen LogP contribution is 2.26. The molecule has 1 aromatic carbocycles. The van der Waals surface area contributed by atoms with Crippen LogP contribution in [0.25, 0.3) is 0 Å². The van der Waals surface area contributed by atoms with Gasteiger partial charge in [0.05, 0.1) is 12.0 Å². The van der Waals surface area contributed by atoms with E-state index in [0.29, 0.717) is 31.5 Å². The molecule has 1 aliphatic carbocycles. The maximum Gasteiger partial charge on any atom is 0.317 e. The summed E-state index contributed by atoms with van der Waals surface area (Å²) in [5, 5.41) is 13.8. The number of urea groups is 1. The SMILES string of the molecule is Cl.N=C(N)c1ccc(N2CCN(C(=O)NC3CCC(C(=O)OCC(=O)C4CCCCN4)CC3)CC2)cc1. The Balaban J connectivity index is 0.00000380. The molecule has 0 bridgehead atoms. The minimum absolute atomic E-state index is 0. The van der Waals surface area contributed by atoms with Gasteiger partial charge in [-0.1, -0.05) is 6.42 Å². The fourth-order valence-corrected chi connectivity index (χ4v) is 5.25. The number of carbonyl (C=O) groups is 3. The Bertz CT molecular complexity index is 937. The molecule has 1 unspecified atom stereocenters. The number of nitrogens with two attached hydrogens (primary N) is 1. The van der Waals surface area contributed by atoms with E-state index in [9.17, 15) is 14.4 Å². The first-order chi connectivity index (χ1) is 17.4. The summed E-state index contributed by atoms with van der Waals surface area (Å²) < 4.78 is 5.33. The van der Waals surface area contributed by atoms with Gasteiger partial charge in [0.25, 0.3) is 0 Å². The van der Waals surface area contributed by atoms with Crippen molar-refractivity contribution in [3.8, 4) is 0 Å². The molecule has 2 saturated heterocycles. The van der Waals surface area contributed by atoms with Gasteiger partial charge in [0.2, 0.25) is 0 Å². The zero-order valence-corrected chi connectivity index (χ0v) is 22.1. The molecule has 5 N–H and O–H groups in total. The number of hydrogen-bond acceptors (Lipinski definition) is 7. The van der Waals surface area contributed by atoms with Crippen LogP contribution in [-0.4, -0.2) is 79.9 Å². The Morgan fingerprint density at radius 2 is 1.68 bits per heavy atom. The van der Waals surface area contributed by atoms with Crippen LogP contribution in [-0.2, 0) is 14.3 Å². The molecule has 0 radical (unpaired) electrons. The lowest BCUT2D eigenvalue weighted by molar-refractivity contribution is -0.153. The lowest BCUT2D eigenvalue weighted by Gasteiger charge is -2.37. The van der Waals surface area contributed by atoms with E-state index in [2.05, 4.69) is 15.5 Å². The first kappa shape index (κ1) is 28.7. The van der Waals surface area contributed by atoms with Crippen molar-refractivity contribution in [3.05, 3.63) is 29.8 Å². The second kappa shape index (κ2) is 13.6. The number of esters is 1. The molecular weight excluding hydrogens is 496 g/mol. The highest BCUT2D eigenvalue weighted by atomic mass is 35.5. The third kappa shape index (κ3) is 7.82. The van der Waals surface area contributed by atoms with Gasteiger partial charge in [0, 0.05) is 43.5 Å². The Labute approximate surface area is 224 Å². The molecule has 3 fully saturated rings. The maximum atomic E-state index is 12.8. The number of ketones is 1. The zero-order valence-electron chi connectivity index (χ0n) is 21.2. The standard InChI is InChI=1S/C26H38N6O4.ClH/c27-24(28)18-6-10-21(11-7-18)31-13-15-32(16-14-31)26(35)30-20-8-4-19(5-9-20)25(34)36-17-23(33)22-3-1-2-12-29-22;/h6-7,10-11,19-20,22,29H,1-5,8-9,12-17H2,(H3,27,28)(H,30,35);1H. The smallest absolute Gasteiger partial charge is 0.317 e. The molecule has 0 spiro atoms. The summed E-state index contributed by atoms with van der Waals surface area (Å²) in [4.78, 5) is 41.5. The number of amides is 2. The minimum Gasteiger partial charge on any atom is -0.457 e. The summed E-state index contributed by atoms with van der Waals surface area (Å²) >= 11 is 0.